The molecule has 38 heavy (non-hydrogen) atoms. The lowest BCUT2D eigenvalue weighted by Gasteiger charge is -2.27. The van der Waals surface area contributed by atoms with Gasteiger partial charge in [-0.3, -0.25) is 13.8 Å². The Labute approximate surface area is 219 Å². The molecular formula is C27H25N5O5S. The van der Waals surface area contributed by atoms with E-state index >= 15 is 0 Å². The van der Waals surface area contributed by atoms with Gasteiger partial charge >= 0.3 is 0 Å². The molecule has 0 unspecified atom stereocenters. The second-order valence-corrected chi connectivity index (χ2v) is 10.4. The van der Waals surface area contributed by atoms with Crippen molar-refractivity contribution in [2.75, 3.05) is 18.0 Å². The Balaban J connectivity index is 1.48. The Morgan fingerprint density at radius 2 is 1.84 bits per heavy atom. The predicted molar refractivity (Wildman–Crippen MR) is 144 cm³/mol. The summed E-state index contributed by atoms with van der Waals surface area (Å²) in [7, 11) is -2.32. The number of nitrogens with zero attached hydrogens (tertiary/aromatic N) is 4. The highest BCUT2D eigenvalue weighted by Crippen LogP contribution is 2.47. The van der Waals surface area contributed by atoms with Crippen LogP contribution in [0, 0.1) is 0 Å². The Kier molecular flexibility index (Phi) is 6.60. The van der Waals surface area contributed by atoms with Crippen molar-refractivity contribution in [1.82, 2.24) is 15.2 Å². The van der Waals surface area contributed by atoms with Crippen molar-refractivity contribution in [2.24, 2.45) is 5.10 Å². The third-order valence-electron chi connectivity index (χ3n) is 6.05. The van der Waals surface area contributed by atoms with Gasteiger partial charge in [0, 0.05) is 18.2 Å². The molecule has 10 nitrogen and oxygen atoms in total. The van der Waals surface area contributed by atoms with E-state index in [0.717, 1.165) is 5.56 Å². The lowest BCUT2D eigenvalue weighted by Crippen LogP contribution is -2.31. The van der Waals surface area contributed by atoms with Crippen LogP contribution in [0.3, 0.4) is 0 Å². The zero-order valence-electron chi connectivity index (χ0n) is 20.7. The zero-order chi connectivity index (χ0) is 26.9. The molecule has 1 amide bonds. The van der Waals surface area contributed by atoms with Gasteiger partial charge in [0.1, 0.15) is 17.9 Å². The highest BCUT2D eigenvalue weighted by molar-refractivity contribution is 7.93. The van der Waals surface area contributed by atoms with Gasteiger partial charge in [-0.05, 0) is 36.8 Å². The van der Waals surface area contributed by atoms with Crippen LogP contribution >= 0.6 is 0 Å². The number of carbonyl (C=O) groups is 1. The molecule has 0 saturated carbocycles. The Morgan fingerprint density at radius 1 is 1.11 bits per heavy atom. The van der Waals surface area contributed by atoms with Gasteiger partial charge in [0.2, 0.25) is 0 Å². The summed E-state index contributed by atoms with van der Waals surface area (Å²) in [6.45, 7) is 2.00. The smallest absolute Gasteiger partial charge is 0.264 e. The molecule has 4 aromatic rings. The van der Waals surface area contributed by atoms with Crippen LogP contribution in [0.5, 0.6) is 11.5 Å². The maximum atomic E-state index is 13.3. The zero-order valence-corrected chi connectivity index (χ0v) is 21.5. The summed E-state index contributed by atoms with van der Waals surface area (Å²) >= 11 is 0. The number of amides is 1. The van der Waals surface area contributed by atoms with E-state index in [9.17, 15) is 18.3 Å². The van der Waals surface area contributed by atoms with Crippen molar-refractivity contribution in [1.29, 1.82) is 0 Å². The van der Waals surface area contributed by atoms with Crippen LogP contribution < -0.4 is 14.5 Å². The van der Waals surface area contributed by atoms with Crippen molar-refractivity contribution in [3.63, 3.8) is 0 Å². The lowest BCUT2D eigenvalue weighted by atomic mass is 10.1. The number of anilines is 1. The quantitative estimate of drug-likeness (QED) is 0.277. The van der Waals surface area contributed by atoms with E-state index in [1.165, 1.54) is 28.3 Å². The molecule has 194 valence electrons. The summed E-state index contributed by atoms with van der Waals surface area (Å²) in [4.78, 5) is 13.0. The molecule has 0 spiro atoms. The third kappa shape index (κ3) is 4.48. The van der Waals surface area contributed by atoms with Gasteiger partial charge in [-0.2, -0.15) is 10.2 Å². The van der Waals surface area contributed by atoms with Gasteiger partial charge < -0.3 is 9.84 Å². The number of rotatable bonds is 7. The van der Waals surface area contributed by atoms with E-state index in [2.05, 4.69) is 15.6 Å². The molecule has 0 fully saturated rings. The molecular weight excluding hydrogens is 506 g/mol. The molecule has 2 heterocycles. The molecule has 5 rings (SSSR count). The summed E-state index contributed by atoms with van der Waals surface area (Å²) in [5, 5.41) is 18.6. The fourth-order valence-corrected chi connectivity index (χ4v) is 5.71. The Morgan fingerprint density at radius 3 is 2.61 bits per heavy atom. The van der Waals surface area contributed by atoms with Gasteiger partial charge in [-0.25, -0.2) is 13.8 Å². The number of phenols is 1. The molecule has 0 bridgehead atoms. The topological polar surface area (TPSA) is 126 Å². The van der Waals surface area contributed by atoms with Crippen LogP contribution in [0.15, 0.2) is 82.8 Å². The fraction of sp³-hybridized carbons (Fsp3) is 0.148. The Bertz CT molecular complexity index is 1650. The van der Waals surface area contributed by atoms with Crippen molar-refractivity contribution in [3.05, 3.63) is 78.4 Å². The minimum Gasteiger partial charge on any atom is -0.504 e. The number of aromatic hydroxyl groups is 1. The number of sulfonamides is 1. The molecule has 0 radical (unpaired) electrons. The summed E-state index contributed by atoms with van der Waals surface area (Å²) in [5.74, 6) is -0.126. The first-order valence-electron chi connectivity index (χ1n) is 11.8. The van der Waals surface area contributed by atoms with E-state index in [-0.39, 0.29) is 17.2 Å². The molecule has 11 heteroatoms. The molecule has 1 aliphatic heterocycles. The van der Waals surface area contributed by atoms with E-state index in [1.807, 2.05) is 37.3 Å². The van der Waals surface area contributed by atoms with Crippen LogP contribution in [0.4, 0.5) is 5.69 Å². The second kappa shape index (κ2) is 10.0. The first kappa shape index (κ1) is 25.0. The number of carbonyl (C=O) groups excluding carboxylic acids is 1. The van der Waals surface area contributed by atoms with Crippen LogP contribution in [0.1, 0.15) is 12.5 Å². The summed E-state index contributed by atoms with van der Waals surface area (Å²) in [5.41, 5.74) is 5.68. The average Bonchev–Trinajstić information content (AvgIpc) is 3.29. The normalized spacial score (nSPS) is 13.7. The molecule has 1 aromatic heterocycles. The molecule has 0 saturated heterocycles. The average molecular weight is 532 g/mol. The van der Waals surface area contributed by atoms with Gasteiger partial charge in [0.15, 0.2) is 11.5 Å². The maximum Gasteiger partial charge on any atom is 0.264 e. The monoisotopic (exact) mass is 531 g/mol. The first-order chi connectivity index (χ1) is 18.3. The van der Waals surface area contributed by atoms with Gasteiger partial charge in [-0.1, -0.05) is 48.5 Å². The van der Waals surface area contributed by atoms with Crippen LogP contribution in [0.2, 0.25) is 0 Å². The summed E-state index contributed by atoms with van der Waals surface area (Å²) < 4.78 is 34.7. The van der Waals surface area contributed by atoms with E-state index < -0.39 is 15.9 Å². The van der Waals surface area contributed by atoms with Gasteiger partial charge in [0.05, 0.1) is 23.4 Å². The van der Waals surface area contributed by atoms with E-state index in [1.54, 1.807) is 36.4 Å². The number of fused-ring (bicyclic) bond motifs is 3. The molecule has 0 aliphatic carbocycles. The third-order valence-corrected chi connectivity index (χ3v) is 7.87. The lowest BCUT2D eigenvalue weighted by molar-refractivity contribution is -0.121. The van der Waals surface area contributed by atoms with E-state index in [0.29, 0.717) is 40.6 Å². The van der Waals surface area contributed by atoms with Crippen LogP contribution in [-0.4, -0.2) is 49.1 Å². The highest BCUT2D eigenvalue weighted by Gasteiger charge is 2.38. The Hall–Kier alpha value is -4.64. The van der Waals surface area contributed by atoms with Crippen molar-refractivity contribution < 1.29 is 23.1 Å². The minimum absolute atomic E-state index is 0.0120. The number of benzene rings is 3. The van der Waals surface area contributed by atoms with Crippen LogP contribution in [-0.2, 0) is 21.4 Å². The van der Waals surface area contributed by atoms with E-state index in [4.69, 9.17) is 4.74 Å². The second-order valence-electron chi connectivity index (χ2n) is 8.49. The van der Waals surface area contributed by atoms with Crippen molar-refractivity contribution in [2.45, 2.75) is 18.4 Å². The SMILES string of the molecule is CCOc1cc(/C=N/NC(=O)Cn2nc(-c3ccccc3)c3c2-c2ccccc2S(=O)(=O)N3C)ccc1O. The number of hydrogen-bond acceptors (Lipinski definition) is 7. The molecule has 1 aliphatic rings. The number of nitrogens with one attached hydrogen (secondary N) is 1. The number of phenolic OH excluding ortho intramolecular Hbond substituents is 1. The fourth-order valence-electron chi connectivity index (χ4n) is 4.31. The largest absolute Gasteiger partial charge is 0.504 e. The number of ether oxygens (including phenoxy) is 1. The summed E-state index contributed by atoms with van der Waals surface area (Å²) in [6, 6.07) is 20.6. The summed E-state index contributed by atoms with van der Waals surface area (Å²) in [6.07, 6.45) is 1.43. The maximum absolute atomic E-state index is 13.3. The first-order valence-corrected chi connectivity index (χ1v) is 13.3. The molecule has 0 atom stereocenters. The molecule has 2 N–H and O–H groups in total. The van der Waals surface area contributed by atoms with Crippen molar-refractivity contribution >= 4 is 27.8 Å². The van der Waals surface area contributed by atoms with Gasteiger partial charge in [0.25, 0.3) is 15.9 Å². The predicted octanol–water partition coefficient (Wildman–Crippen LogP) is 3.61. The van der Waals surface area contributed by atoms with Gasteiger partial charge in [-0.15, -0.1) is 0 Å². The molecule has 3 aromatic carbocycles. The number of hydrogen-bond donors (Lipinski definition) is 2. The van der Waals surface area contributed by atoms with Crippen LogP contribution in [0.25, 0.3) is 22.5 Å². The number of aromatic nitrogens is 2. The standard InChI is InChI=1S/C27H25N5O5S/c1-3-37-22-15-18(13-14-21(22)33)16-28-29-24(34)17-32-26-20-11-7-8-12-23(20)38(35,36)31(2)27(26)25(30-32)19-9-5-4-6-10-19/h4-16,33H,3,17H2,1-2H3,(H,29,34)/b28-16+. The highest BCUT2D eigenvalue weighted by atomic mass is 32.2. The number of hydrazone groups is 1. The van der Waals surface area contributed by atoms with Crippen molar-refractivity contribution in [3.8, 4) is 34.0 Å². The minimum atomic E-state index is -3.81.